The molecular formula is C16H21N3O5S2. The van der Waals surface area contributed by atoms with E-state index in [2.05, 4.69) is 14.9 Å². The highest BCUT2D eigenvalue weighted by Crippen LogP contribution is 2.18. The van der Waals surface area contributed by atoms with Crippen LogP contribution < -0.4 is 4.72 Å². The highest BCUT2D eigenvalue weighted by Gasteiger charge is 2.29. The summed E-state index contributed by atoms with van der Waals surface area (Å²) in [6, 6.07) is 6.85. The summed E-state index contributed by atoms with van der Waals surface area (Å²) in [6.45, 7) is 3.21. The molecule has 2 unspecified atom stereocenters. The molecule has 2 aromatic rings. The van der Waals surface area contributed by atoms with E-state index < -0.39 is 28.1 Å². The number of rotatable bonds is 9. The first-order valence-corrected chi connectivity index (χ1v) is 10.8. The van der Waals surface area contributed by atoms with Gasteiger partial charge in [0.25, 0.3) is 5.89 Å². The SMILES string of the molecule is CSCCC(NS(=O)(=O)c1ccccc1)C(=O)OC(C)c1nnc(C)o1. The largest absolute Gasteiger partial charge is 0.451 e. The number of carbonyl (C=O) groups is 1. The Bertz CT molecular complexity index is 823. The van der Waals surface area contributed by atoms with Crippen molar-refractivity contribution in [1.29, 1.82) is 0 Å². The second-order valence-corrected chi connectivity index (χ2v) is 8.21. The quantitative estimate of drug-likeness (QED) is 0.638. The van der Waals surface area contributed by atoms with Gasteiger partial charge in [0, 0.05) is 6.92 Å². The minimum atomic E-state index is -3.84. The molecule has 142 valence electrons. The van der Waals surface area contributed by atoms with E-state index in [0.29, 0.717) is 18.1 Å². The normalized spacial score (nSPS) is 14.0. The number of aryl methyl sites for hydroxylation is 1. The van der Waals surface area contributed by atoms with E-state index in [1.54, 1.807) is 32.0 Å². The minimum absolute atomic E-state index is 0.0857. The van der Waals surface area contributed by atoms with E-state index in [1.165, 1.54) is 23.9 Å². The fourth-order valence-electron chi connectivity index (χ4n) is 2.10. The predicted molar refractivity (Wildman–Crippen MR) is 97.1 cm³/mol. The molecule has 0 fully saturated rings. The number of carbonyl (C=O) groups excluding carboxylic acids is 1. The number of aromatic nitrogens is 2. The number of ether oxygens (including phenoxy) is 1. The lowest BCUT2D eigenvalue weighted by Crippen LogP contribution is -2.42. The number of sulfonamides is 1. The zero-order valence-electron chi connectivity index (χ0n) is 14.7. The topological polar surface area (TPSA) is 111 Å². The third-order valence-corrected chi connectivity index (χ3v) is 5.56. The van der Waals surface area contributed by atoms with Crippen molar-refractivity contribution in [2.45, 2.75) is 37.3 Å². The molecule has 0 aliphatic rings. The standard InChI is InChI=1S/C16H21N3O5S2/c1-11(15-18-17-12(2)24-15)23-16(20)14(9-10-25-3)19-26(21,22)13-7-5-4-6-8-13/h4-8,11,14,19H,9-10H2,1-3H3. The first-order chi connectivity index (χ1) is 12.3. The van der Waals surface area contributed by atoms with Gasteiger partial charge in [-0.3, -0.25) is 4.79 Å². The maximum Gasteiger partial charge on any atom is 0.324 e. The number of hydrogen-bond acceptors (Lipinski definition) is 8. The van der Waals surface area contributed by atoms with Crippen molar-refractivity contribution in [3.8, 4) is 0 Å². The Morgan fingerprint density at radius 1 is 1.31 bits per heavy atom. The van der Waals surface area contributed by atoms with Gasteiger partial charge in [0.05, 0.1) is 4.90 Å². The van der Waals surface area contributed by atoms with E-state index in [-0.39, 0.29) is 10.8 Å². The molecule has 2 atom stereocenters. The summed E-state index contributed by atoms with van der Waals surface area (Å²) in [7, 11) is -3.84. The molecule has 8 nitrogen and oxygen atoms in total. The van der Waals surface area contributed by atoms with Gasteiger partial charge in [-0.05, 0) is 37.5 Å². The molecule has 2 rings (SSSR count). The molecule has 1 N–H and O–H groups in total. The molecule has 0 amide bonds. The maximum atomic E-state index is 12.5. The summed E-state index contributed by atoms with van der Waals surface area (Å²) in [6.07, 6.45) is 1.39. The van der Waals surface area contributed by atoms with Gasteiger partial charge in [-0.1, -0.05) is 18.2 Å². The zero-order valence-corrected chi connectivity index (χ0v) is 16.3. The van der Waals surface area contributed by atoms with Gasteiger partial charge in [0.15, 0.2) is 6.10 Å². The van der Waals surface area contributed by atoms with Gasteiger partial charge >= 0.3 is 5.97 Å². The first-order valence-electron chi connectivity index (χ1n) is 7.90. The maximum absolute atomic E-state index is 12.5. The average molecular weight is 399 g/mol. The molecule has 0 radical (unpaired) electrons. The summed E-state index contributed by atoms with van der Waals surface area (Å²) in [5, 5.41) is 7.49. The minimum Gasteiger partial charge on any atom is -0.451 e. The van der Waals surface area contributed by atoms with Crippen LogP contribution >= 0.6 is 11.8 Å². The average Bonchev–Trinajstić information content (AvgIpc) is 3.05. The van der Waals surface area contributed by atoms with Crippen LogP contribution in [0.4, 0.5) is 0 Å². The van der Waals surface area contributed by atoms with Crippen LogP contribution in [0.25, 0.3) is 0 Å². The Labute approximate surface area is 156 Å². The molecule has 0 aliphatic heterocycles. The molecule has 1 aromatic heterocycles. The lowest BCUT2D eigenvalue weighted by atomic mass is 10.2. The Morgan fingerprint density at radius 3 is 2.58 bits per heavy atom. The molecule has 1 aromatic carbocycles. The lowest BCUT2D eigenvalue weighted by Gasteiger charge is -2.19. The summed E-state index contributed by atoms with van der Waals surface area (Å²) < 4.78 is 38.0. The second-order valence-electron chi connectivity index (χ2n) is 5.51. The molecule has 0 spiro atoms. The van der Waals surface area contributed by atoms with Crippen molar-refractivity contribution < 1.29 is 22.4 Å². The number of nitrogens with zero attached hydrogens (tertiary/aromatic N) is 2. The van der Waals surface area contributed by atoms with Gasteiger partial charge in [-0.25, -0.2) is 8.42 Å². The summed E-state index contributed by atoms with van der Waals surface area (Å²) >= 11 is 1.50. The van der Waals surface area contributed by atoms with E-state index in [4.69, 9.17) is 9.15 Å². The molecule has 10 heteroatoms. The second kappa shape index (κ2) is 9.15. The summed E-state index contributed by atoms with van der Waals surface area (Å²) in [4.78, 5) is 12.6. The smallest absolute Gasteiger partial charge is 0.324 e. The predicted octanol–water partition coefficient (Wildman–Crippen LogP) is 2.08. The molecule has 0 saturated carbocycles. The van der Waals surface area contributed by atoms with E-state index in [1.807, 2.05) is 6.26 Å². The molecule has 1 heterocycles. The highest BCUT2D eigenvalue weighted by molar-refractivity contribution is 7.98. The van der Waals surface area contributed by atoms with Crippen molar-refractivity contribution >= 4 is 27.8 Å². The van der Waals surface area contributed by atoms with Crippen molar-refractivity contribution in [1.82, 2.24) is 14.9 Å². The van der Waals surface area contributed by atoms with Gasteiger partial charge in [0.2, 0.25) is 15.9 Å². The fourth-order valence-corrected chi connectivity index (χ4v) is 3.81. The fraction of sp³-hybridized carbons (Fsp3) is 0.438. The van der Waals surface area contributed by atoms with Gasteiger partial charge in [-0.15, -0.1) is 10.2 Å². The molecule has 0 saturated heterocycles. The highest BCUT2D eigenvalue weighted by atomic mass is 32.2. The molecule has 0 bridgehead atoms. The third-order valence-electron chi connectivity index (χ3n) is 3.43. The van der Waals surface area contributed by atoms with Crippen molar-refractivity contribution in [3.05, 3.63) is 42.1 Å². The van der Waals surface area contributed by atoms with Crippen LogP contribution in [0.5, 0.6) is 0 Å². The van der Waals surface area contributed by atoms with Crippen LogP contribution in [0.15, 0.2) is 39.6 Å². The van der Waals surface area contributed by atoms with Gasteiger partial charge in [0.1, 0.15) is 6.04 Å². The number of benzene rings is 1. The lowest BCUT2D eigenvalue weighted by molar-refractivity contribution is -0.151. The Kier molecular flexibility index (Phi) is 7.18. The first kappa shape index (κ1) is 20.4. The Hall–Kier alpha value is -1.91. The van der Waals surface area contributed by atoms with Crippen LogP contribution in [0.3, 0.4) is 0 Å². The Morgan fingerprint density at radius 2 is 2.00 bits per heavy atom. The molecular weight excluding hydrogens is 378 g/mol. The van der Waals surface area contributed by atoms with Crippen LogP contribution in [-0.4, -0.2) is 42.6 Å². The van der Waals surface area contributed by atoms with Crippen LogP contribution in [0, 0.1) is 6.92 Å². The Balaban J connectivity index is 2.11. The van der Waals surface area contributed by atoms with Crippen molar-refractivity contribution in [2.75, 3.05) is 12.0 Å². The van der Waals surface area contributed by atoms with Crippen molar-refractivity contribution in [3.63, 3.8) is 0 Å². The molecule has 0 aliphatic carbocycles. The third kappa shape index (κ3) is 5.55. The van der Waals surface area contributed by atoms with Crippen LogP contribution in [-0.2, 0) is 19.6 Å². The van der Waals surface area contributed by atoms with E-state index in [0.717, 1.165) is 0 Å². The number of esters is 1. The van der Waals surface area contributed by atoms with E-state index >= 15 is 0 Å². The zero-order chi connectivity index (χ0) is 19.2. The monoisotopic (exact) mass is 399 g/mol. The van der Waals surface area contributed by atoms with Gasteiger partial charge < -0.3 is 9.15 Å². The summed E-state index contributed by atoms with van der Waals surface area (Å²) in [5.41, 5.74) is 0. The summed E-state index contributed by atoms with van der Waals surface area (Å²) in [5.74, 6) is 0.407. The number of nitrogens with one attached hydrogen (secondary N) is 1. The van der Waals surface area contributed by atoms with Gasteiger partial charge in [-0.2, -0.15) is 16.5 Å². The van der Waals surface area contributed by atoms with E-state index in [9.17, 15) is 13.2 Å². The number of thioether (sulfide) groups is 1. The van der Waals surface area contributed by atoms with Crippen LogP contribution in [0.2, 0.25) is 0 Å². The number of hydrogen-bond donors (Lipinski definition) is 1. The van der Waals surface area contributed by atoms with Crippen LogP contribution in [0.1, 0.15) is 31.2 Å². The van der Waals surface area contributed by atoms with Crippen molar-refractivity contribution in [2.24, 2.45) is 0 Å². The molecule has 26 heavy (non-hydrogen) atoms.